The van der Waals surface area contributed by atoms with Crippen LogP contribution in [-0.2, 0) is 10.0 Å². The molecule has 6 nitrogen and oxygen atoms in total. The van der Waals surface area contributed by atoms with E-state index in [0.29, 0.717) is 11.7 Å². The number of hydrogen-bond acceptors (Lipinski definition) is 6. The van der Waals surface area contributed by atoms with Gasteiger partial charge in [-0.3, -0.25) is 4.79 Å². The molecule has 162 valence electrons. The number of hydrogen-bond donors (Lipinski definition) is 0. The molecule has 1 fully saturated rings. The van der Waals surface area contributed by atoms with Crippen LogP contribution in [0.25, 0.3) is 22.2 Å². The van der Waals surface area contributed by atoms with Crippen LogP contribution in [0.5, 0.6) is 0 Å². The van der Waals surface area contributed by atoms with Crippen molar-refractivity contribution in [3.8, 4) is 11.1 Å². The Morgan fingerprint density at radius 1 is 0.938 bits per heavy atom. The van der Waals surface area contributed by atoms with Gasteiger partial charge in [0.15, 0.2) is 11.9 Å². The minimum absolute atomic E-state index is 0.0463. The van der Waals surface area contributed by atoms with Gasteiger partial charge in [-0.15, -0.1) is 0 Å². The maximum Gasteiger partial charge on any atom is 0.270 e. The number of carbonyl (C=O) groups is 1. The Kier molecular flexibility index (Phi) is 5.58. The summed E-state index contributed by atoms with van der Waals surface area (Å²) >= 11 is 1.76. The van der Waals surface area contributed by atoms with E-state index in [1.807, 2.05) is 18.2 Å². The monoisotopic (exact) mass is 463 g/mol. The molecule has 3 heterocycles. The fraction of sp³-hybridized carbons (Fsp3) is 0.167. The van der Waals surface area contributed by atoms with Gasteiger partial charge in [-0.1, -0.05) is 30.3 Å². The van der Waals surface area contributed by atoms with Gasteiger partial charge in [0.25, 0.3) is 10.0 Å². The molecular weight excluding hydrogens is 442 g/mol. The second kappa shape index (κ2) is 8.54. The van der Waals surface area contributed by atoms with Crippen molar-refractivity contribution >= 4 is 39.3 Å². The number of rotatable bonds is 6. The molecule has 0 N–H and O–H groups in total. The third kappa shape index (κ3) is 3.74. The zero-order valence-corrected chi connectivity index (χ0v) is 18.8. The van der Waals surface area contributed by atoms with Gasteiger partial charge in [0, 0.05) is 29.6 Å². The Bertz CT molecular complexity index is 1380. The van der Waals surface area contributed by atoms with Crippen LogP contribution in [0.15, 0.2) is 82.7 Å². The summed E-state index contributed by atoms with van der Waals surface area (Å²) in [6.45, 7) is 2.21. The van der Waals surface area contributed by atoms with E-state index in [1.165, 1.54) is 29.9 Å². The van der Waals surface area contributed by atoms with E-state index in [4.69, 9.17) is 0 Å². The summed E-state index contributed by atoms with van der Waals surface area (Å²) in [5.74, 6) is 0. The lowest BCUT2D eigenvalue weighted by Crippen LogP contribution is -2.15. The molecule has 1 saturated heterocycles. The Hall–Kier alpha value is -2.94. The molecule has 0 unspecified atom stereocenters. The highest BCUT2D eigenvalue weighted by atomic mass is 32.2. The number of aldehydes is 1. The van der Waals surface area contributed by atoms with Crippen LogP contribution in [0.3, 0.4) is 0 Å². The molecule has 1 aliphatic rings. The van der Waals surface area contributed by atoms with Crippen LogP contribution in [0.2, 0.25) is 0 Å². The summed E-state index contributed by atoms with van der Waals surface area (Å²) in [5.41, 5.74) is 2.06. The average Bonchev–Trinajstić information content (AvgIpc) is 3.47. The number of aromatic nitrogens is 2. The predicted octanol–water partition coefficient (Wildman–Crippen LogP) is 4.86. The first-order valence-corrected chi connectivity index (χ1v) is 12.6. The van der Waals surface area contributed by atoms with Crippen LogP contribution < -0.4 is 0 Å². The zero-order chi connectivity index (χ0) is 22.1. The summed E-state index contributed by atoms with van der Waals surface area (Å²) in [6.07, 6.45) is 4.61. The molecule has 2 aromatic carbocycles. The summed E-state index contributed by atoms with van der Waals surface area (Å²) in [6, 6.07) is 19.7. The second-order valence-corrected chi connectivity index (χ2v) is 10.6. The lowest BCUT2D eigenvalue weighted by molar-refractivity contribution is 0.111. The topological polar surface area (TPSA) is 72.3 Å². The van der Waals surface area contributed by atoms with E-state index >= 15 is 0 Å². The van der Waals surface area contributed by atoms with Gasteiger partial charge >= 0.3 is 0 Å². The first-order chi connectivity index (χ1) is 15.6. The molecule has 4 aromatic rings. The minimum atomic E-state index is -3.97. The molecule has 1 aliphatic heterocycles. The van der Waals surface area contributed by atoms with Crippen molar-refractivity contribution < 1.29 is 13.2 Å². The highest BCUT2D eigenvalue weighted by molar-refractivity contribution is 7.97. The lowest BCUT2D eigenvalue weighted by atomic mass is 10.0. The fourth-order valence-corrected chi connectivity index (χ4v) is 6.46. The van der Waals surface area contributed by atoms with Crippen LogP contribution in [0.4, 0.5) is 0 Å². The first kappa shape index (κ1) is 20.9. The predicted molar refractivity (Wildman–Crippen MR) is 126 cm³/mol. The Morgan fingerprint density at radius 3 is 2.34 bits per heavy atom. The smallest absolute Gasteiger partial charge is 0.270 e. The first-order valence-electron chi connectivity index (χ1n) is 10.4. The molecule has 0 radical (unpaired) electrons. The van der Waals surface area contributed by atoms with Crippen LogP contribution in [0.1, 0.15) is 23.3 Å². The van der Waals surface area contributed by atoms with E-state index in [9.17, 15) is 13.2 Å². The summed E-state index contributed by atoms with van der Waals surface area (Å²) in [4.78, 5) is 17.4. The van der Waals surface area contributed by atoms with Gasteiger partial charge in [-0.2, -0.15) is 0 Å². The van der Waals surface area contributed by atoms with E-state index in [2.05, 4.69) is 21.4 Å². The van der Waals surface area contributed by atoms with E-state index < -0.39 is 10.0 Å². The number of pyridine rings is 1. The van der Waals surface area contributed by atoms with Crippen molar-refractivity contribution in [2.75, 3.05) is 13.1 Å². The molecule has 0 spiro atoms. The summed E-state index contributed by atoms with van der Waals surface area (Å²) in [7, 11) is -3.97. The molecule has 0 atom stereocenters. The quantitative estimate of drug-likeness (QED) is 0.301. The van der Waals surface area contributed by atoms with Gasteiger partial charge in [-0.05, 0) is 72.3 Å². The van der Waals surface area contributed by atoms with Gasteiger partial charge in [-0.25, -0.2) is 21.7 Å². The van der Waals surface area contributed by atoms with Gasteiger partial charge in [0.05, 0.1) is 10.6 Å². The molecule has 0 amide bonds. The maximum atomic E-state index is 13.3. The Balaban J connectivity index is 1.58. The van der Waals surface area contributed by atoms with E-state index in [-0.39, 0.29) is 16.2 Å². The van der Waals surface area contributed by atoms with Crippen molar-refractivity contribution in [3.63, 3.8) is 0 Å². The average molecular weight is 464 g/mol. The van der Waals surface area contributed by atoms with Crippen molar-refractivity contribution in [1.82, 2.24) is 13.3 Å². The Labute approximate surface area is 191 Å². The van der Waals surface area contributed by atoms with Crippen molar-refractivity contribution in [3.05, 3.63) is 78.6 Å². The van der Waals surface area contributed by atoms with E-state index in [0.717, 1.165) is 28.2 Å². The molecule has 32 heavy (non-hydrogen) atoms. The maximum absolute atomic E-state index is 13.3. The van der Waals surface area contributed by atoms with Crippen LogP contribution in [-0.4, -0.2) is 41.1 Å². The largest absolute Gasteiger partial charge is 0.296 e. The molecule has 5 rings (SSSR count). The van der Waals surface area contributed by atoms with Crippen molar-refractivity contribution in [1.29, 1.82) is 0 Å². The number of benzene rings is 2. The SMILES string of the molecule is O=Cc1cc2c(-c3ccc(SN4CCCC4)cc3)ccnc2n1S(=O)(=O)c1ccccc1. The summed E-state index contributed by atoms with van der Waals surface area (Å²) in [5, 5.41) is 0.619. The number of carbonyl (C=O) groups excluding carboxylic acids is 1. The lowest BCUT2D eigenvalue weighted by Gasteiger charge is -2.13. The molecule has 2 aromatic heterocycles. The normalized spacial score (nSPS) is 14.8. The second-order valence-electron chi connectivity index (χ2n) is 7.62. The highest BCUT2D eigenvalue weighted by Crippen LogP contribution is 2.34. The van der Waals surface area contributed by atoms with Gasteiger partial charge in [0.2, 0.25) is 0 Å². The molecule has 8 heteroatoms. The van der Waals surface area contributed by atoms with Gasteiger partial charge in [0.1, 0.15) is 0 Å². The molecule has 0 saturated carbocycles. The molecular formula is C24H21N3O3S2. The zero-order valence-electron chi connectivity index (χ0n) is 17.2. The van der Waals surface area contributed by atoms with Crippen LogP contribution in [0, 0.1) is 0 Å². The standard InChI is InChI=1S/C24H21N3O3S2/c28-17-19-16-23-22(18-8-10-20(11-9-18)31-26-14-4-5-15-26)12-13-25-24(23)27(19)32(29,30)21-6-2-1-3-7-21/h1-3,6-13,16-17H,4-5,14-15H2. The minimum Gasteiger partial charge on any atom is -0.296 e. The molecule has 0 bridgehead atoms. The number of nitrogens with zero attached hydrogens (tertiary/aromatic N) is 3. The van der Waals surface area contributed by atoms with Gasteiger partial charge < -0.3 is 0 Å². The van der Waals surface area contributed by atoms with Crippen molar-refractivity contribution in [2.45, 2.75) is 22.6 Å². The Morgan fingerprint density at radius 2 is 1.66 bits per heavy atom. The van der Waals surface area contributed by atoms with Crippen molar-refractivity contribution in [2.24, 2.45) is 0 Å². The molecule has 0 aliphatic carbocycles. The van der Waals surface area contributed by atoms with E-state index in [1.54, 1.807) is 42.4 Å². The van der Waals surface area contributed by atoms with Crippen LogP contribution >= 0.6 is 11.9 Å². The third-order valence-corrected chi connectivity index (χ3v) is 8.39. The number of fused-ring (bicyclic) bond motifs is 1. The highest BCUT2D eigenvalue weighted by Gasteiger charge is 2.25. The third-order valence-electron chi connectivity index (χ3n) is 5.56. The fourth-order valence-electron chi connectivity index (χ4n) is 4.00. The summed E-state index contributed by atoms with van der Waals surface area (Å²) < 4.78 is 30.0.